The molecule has 1 fully saturated rings. The molecule has 0 bridgehead atoms. The van der Waals surface area contributed by atoms with Crippen molar-refractivity contribution in [1.29, 1.82) is 0 Å². The SMILES string of the molecule is Clc1cc(Cl)c(NCC2CCNCC2)c2c1N=S=N2. The fraction of sp³-hybridized carbons (Fsp3) is 0.500. The Bertz CT molecular complexity index is 563. The molecule has 2 heterocycles. The molecule has 7 heteroatoms. The first-order valence-corrected chi connectivity index (χ1v) is 7.79. The quantitative estimate of drug-likeness (QED) is 0.894. The fourth-order valence-corrected chi connectivity index (χ4v) is 3.55. The third-order valence-electron chi connectivity index (χ3n) is 3.47. The molecular formula is C12H14Cl2N4S. The summed E-state index contributed by atoms with van der Waals surface area (Å²) in [6.07, 6.45) is 2.38. The van der Waals surface area contributed by atoms with Crippen LogP contribution in [0.4, 0.5) is 17.1 Å². The van der Waals surface area contributed by atoms with Crippen LogP contribution in [0.1, 0.15) is 12.8 Å². The highest BCUT2D eigenvalue weighted by Crippen LogP contribution is 2.47. The van der Waals surface area contributed by atoms with E-state index in [1.807, 2.05) is 0 Å². The lowest BCUT2D eigenvalue weighted by molar-refractivity contribution is 0.390. The van der Waals surface area contributed by atoms with Crippen molar-refractivity contribution in [2.24, 2.45) is 14.6 Å². The Morgan fingerprint density at radius 1 is 1.21 bits per heavy atom. The van der Waals surface area contributed by atoms with Crippen LogP contribution in [0, 0.1) is 5.92 Å². The second-order valence-corrected chi connectivity index (χ2v) is 6.09. The molecule has 102 valence electrons. The van der Waals surface area contributed by atoms with Gasteiger partial charge in [-0.2, -0.15) is 8.73 Å². The predicted molar refractivity (Wildman–Crippen MR) is 82.1 cm³/mol. The number of nitrogens with one attached hydrogen (secondary N) is 2. The van der Waals surface area contributed by atoms with Crippen molar-refractivity contribution in [3.63, 3.8) is 0 Å². The van der Waals surface area contributed by atoms with Gasteiger partial charge in [0.25, 0.3) is 0 Å². The van der Waals surface area contributed by atoms with E-state index in [2.05, 4.69) is 19.4 Å². The van der Waals surface area contributed by atoms with E-state index in [0.717, 1.165) is 48.1 Å². The van der Waals surface area contributed by atoms with E-state index < -0.39 is 0 Å². The third-order valence-corrected chi connectivity index (χ3v) is 4.58. The van der Waals surface area contributed by atoms with E-state index in [1.54, 1.807) is 6.07 Å². The summed E-state index contributed by atoms with van der Waals surface area (Å²) in [4.78, 5) is 0. The van der Waals surface area contributed by atoms with Crippen molar-refractivity contribution >= 4 is 51.6 Å². The Morgan fingerprint density at radius 3 is 2.74 bits per heavy atom. The maximum absolute atomic E-state index is 6.26. The van der Waals surface area contributed by atoms with Gasteiger partial charge in [-0.25, -0.2) is 0 Å². The van der Waals surface area contributed by atoms with Gasteiger partial charge < -0.3 is 10.6 Å². The lowest BCUT2D eigenvalue weighted by Crippen LogP contribution is -2.31. The molecule has 2 aliphatic rings. The topological polar surface area (TPSA) is 48.8 Å². The molecular weight excluding hydrogens is 303 g/mol. The monoisotopic (exact) mass is 316 g/mol. The second-order valence-electron chi connectivity index (χ2n) is 4.75. The highest BCUT2D eigenvalue weighted by atomic mass is 35.5. The number of halogens is 2. The van der Waals surface area contributed by atoms with Gasteiger partial charge in [0.05, 0.1) is 27.1 Å². The number of anilines is 1. The van der Waals surface area contributed by atoms with Crippen molar-refractivity contribution < 1.29 is 0 Å². The molecule has 4 nitrogen and oxygen atoms in total. The Balaban J connectivity index is 1.78. The summed E-state index contributed by atoms with van der Waals surface area (Å²) >= 11 is 13.5. The van der Waals surface area contributed by atoms with Crippen LogP contribution in [0.5, 0.6) is 0 Å². The van der Waals surface area contributed by atoms with E-state index >= 15 is 0 Å². The van der Waals surface area contributed by atoms with Gasteiger partial charge in [0, 0.05) is 6.54 Å². The molecule has 2 aliphatic heterocycles. The molecule has 0 saturated carbocycles. The lowest BCUT2D eigenvalue weighted by Gasteiger charge is -2.23. The smallest absolute Gasteiger partial charge is 0.130 e. The maximum atomic E-state index is 6.26. The Kier molecular flexibility index (Phi) is 4.07. The molecule has 0 amide bonds. The number of hydrogen-bond acceptors (Lipinski definition) is 4. The predicted octanol–water partition coefficient (Wildman–Crippen LogP) is 4.13. The van der Waals surface area contributed by atoms with Gasteiger partial charge in [0.1, 0.15) is 11.4 Å². The van der Waals surface area contributed by atoms with Crippen LogP contribution in [0.25, 0.3) is 0 Å². The number of fused-ring (bicyclic) bond motifs is 1. The van der Waals surface area contributed by atoms with Crippen LogP contribution in [-0.4, -0.2) is 19.6 Å². The maximum Gasteiger partial charge on any atom is 0.130 e. The average molecular weight is 317 g/mol. The summed E-state index contributed by atoms with van der Waals surface area (Å²) in [6, 6.07) is 1.73. The number of benzene rings is 1. The molecule has 0 aliphatic carbocycles. The summed E-state index contributed by atoms with van der Waals surface area (Å²) in [5.41, 5.74) is 2.36. The largest absolute Gasteiger partial charge is 0.382 e. The average Bonchev–Trinajstić information content (AvgIpc) is 2.89. The van der Waals surface area contributed by atoms with Gasteiger partial charge in [-0.15, -0.1) is 0 Å². The van der Waals surface area contributed by atoms with Crippen LogP contribution in [0.2, 0.25) is 10.0 Å². The molecule has 1 aromatic rings. The molecule has 0 atom stereocenters. The van der Waals surface area contributed by atoms with E-state index in [-0.39, 0.29) is 0 Å². The summed E-state index contributed by atoms with van der Waals surface area (Å²) in [6.45, 7) is 3.10. The van der Waals surface area contributed by atoms with E-state index in [0.29, 0.717) is 16.0 Å². The third kappa shape index (κ3) is 2.79. The van der Waals surface area contributed by atoms with Crippen LogP contribution in [-0.2, 0) is 11.4 Å². The van der Waals surface area contributed by atoms with Gasteiger partial charge in [0.15, 0.2) is 0 Å². The van der Waals surface area contributed by atoms with Crippen LogP contribution in [0.3, 0.4) is 0 Å². The molecule has 19 heavy (non-hydrogen) atoms. The second kappa shape index (κ2) is 5.79. The number of rotatable bonds is 3. The van der Waals surface area contributed by atoms with Crippen molar-refractivity contribution in [3.05, 3.63) is 16.1 Å². The normalized spacial score (nSPS) is 18.2. The number of hydrogen-bond donors (Lipinski definition) is 2. The van der Waals surface area contributed by atoms with Crippen molar-refractivity contribution in [3.8, 4) is 0 Å². The van der Waals surface area contributed by atoms with Crippen molar-refractivity contribution in [2.75, 3.05) is 25.0 Å². The van der Waals surface area contributed by atoms with Crippen molar-refractivity contribution in [2.45, 2.75) is 12.8 Å². The first-order chi connectivity index (χ1) is 9.25. The van der Waals surface area contributed by atoms with Gasteiger partial charge in [-0.1, -0.05) is 23.2 Å². The van der Waals surface area contributed by atoms with E-state index in [4.69, 9.17) is 23.2 Å². The summed E-state index contributed by atoms with van der Waals surface area (Å²) in [7, 11) is 0. The summed E-state index contributed by atoms with van der Waals surface area (Å²) < 4.78 is 8.50. The van der Waals surface area contributed by atoms with Crippen LogP contribution in [0.15, 0.2) is 14.8 Å². The molecule has 0 radical (unpaired) electrons. The first kappa shape index (κ1) is 13.4. The van der Waals surface area contributed by atoms with Gasteiger partial charge in [-0.05, 0) is 37.9 Å². The van der Waals surface area contributed by atoms with Crippen molar-refractivity contribution in [1.82, 2.24) is 5.32 Å². The first-order valence-electron chi connectivity index (χ1n) is 6.30. The fourth-order valence-electron chi connectivity index (χ4n) is 2.37. The number of nitrogens with zero attached hydrogens (tertiary/aromatic N) is 2. The minimum atomic E-state index is 0.557. The van der Waals surface area contributed by atoms with E-state index in [9.17, 15) is 0 Å². The van der Waals surface area contributed by atoms with Crippen LogP contribution < -0.4 is 10.6 Å². The molecule has 1 aromatic carbocycles. The summed E-state index contributed by atoms with van der Waals surface area (Å²) in [5, 5.41) is 7.96. The Hall–Kier alpha value is -0.620. The van der Waals surface area contributed by atoms with Gasteiger partial charge in [0.2, 0.25) is 0 Å². The highest BCUT2D eigenvalue weighted by Gasteiger charge is 2.20. The molecule has 1 saturated heterocycles. The number of piperidine rings is 1. The minimum Gasteiger partial charge on any atom is -0.382 e. The zero-order valence-electron chi connectivity index (χ0n) is 10.2. The Morgan fingerprint density at radius 2 is 1.95 bits per heavy atom. The zero-order valence-corrected chi connectivity index (χ0v) is 12.6. The lowest BCUT2D eigenvalue weighted by atomic mass is 9.98. The van der Waals surface area contributed by atoms with Gasteiger partial charge in [-0.3, -0.25) is 0 Å². The molecule has 2 N–H and O–H groups in total. The highest BCUT2D eigenvalue weighted by molar-refractivity contribution is 7.58. The van der Waals surface area contributed by atoms with Crippen LogP contribution >= 0.6 is 23.2 Å². The molecule has 0 aromatic heterocycles. The Labute approximate surface area is 125 Å². The van der Waals surface area contributed by atoms with Gasteiger partial charge >= 0.3 is 0 Å². The molecule has 3 rings (SSSR count). The minimum absolute atomic E-state index is 0.557. The summed E-state index contributed by atoms with van der Waals surface area (Å²) in [5.74, 6) is 0.676. The van der Waals surface area contributed by atoms with E-state index in [1.165, 1.54) is 12.8 Å². The zero-order chi connectivity index (χ0) is 13.2. The molecule has 0 spiro atoms. The standard InChI is InChI=1S/C12H14Cl2N4S/c13-8-5-9(14)11-12(18-19-17-11)10(8)16-6-7-1-3-15-4-2-7/h5,7,15-16H,1-4,6H2. The molecule has 0 unspecified atom stereocenters.